The molecule has 0 spiro atoms. The van der Waals surface area contributed by atoms with Gasteiger partial charge < -0.3 is 10.1 Å². The second kappa shape index (κ2) is 7.49. The molecule has 2 heteroatoms. The second-order valence-electron chi connectivity index (χ2n) is 6.20. The summed E-state index contributed by atoms with van der Waals surface area (Å²) in [5, 5.41) is 3.69. The van der Waals surface area contributed by atoms with Crippen LogP contribution in [0.25, 0.3) is 0 Å². The zero-order chi connectivity index (χ0) is 14.4. The summed E-state index contributed by atoms with van der Waals surface area (Å²) < 4.78 is 5.82. The molecule has 2 rings (SSSR count). The van der Waals surface area contributed by atoms with Gasteiger partial charge >= 0.3 is 0 Å². The Balaban J connectivity index is 1.89. The van der Waals surface area contributed by atoms with E-state index in [1.807, 2.05) is 19.1 Å². The number of para-hydroxylation sites is 1. The van der Waals surface area contributed by atoms with Gasteiger partial charge in [-0.3, -0.25) is 0 Å². The van der Waals surface area contributed by atoms with Crippen LogP contribution in [0.15, 0.2) is 36.4 Å². The molecule has 0 radical (unpaired) electrons. The van der Waals surface area contributed by atoms with Crippen LogP contribution in [-0.2, 0) is 6.54 Å². The Labute approximate surface area is 123 Å². The molecule has 110 valence electrons. The molecular weight excluding hydrogens is 246 g/mol. The fourth-order valence-electron chi connectivity index (χ4n) is 2.87. The van der Waals surface area contributed by atoms with Crippen LogP contribution in [-0.4, -0.2) is 12.6 Å². The average Bonchev–Trinajstić information content (AvgIpc) is 2.44. The van der Waals surface area contributed by atoms with Gasteiger partial charge in [0.25, 0.3) is 0 Å². The third kappa shape index (κ3) is 4.68. The van der Waals surface area contributed by atoms with E-state index in [2.05, 4.69) is 31.0 Å². The summed E-state index contributed by atoms with van der Waals surface area (Å²) in [6.45, 7) is 9.72. The monoisotopic (exact) mass is 273 g/mol. The van der Waals surface area contributed by atoms with Gasteiger partial charge in [0.1, 0.15) is 12.4 Å². The van der Waals surface area contributed by atoms with Crippen molar-refractivity contribution in [2.24, 2.45) is 5.92 Å². The van der Waals surface area contributed by atoms with E-state index in [4.69, 9.17) is 4.74 Å². The van der Waals surface area contributed by atoms with Gasteiger partial charge in [-0.15, -0.1) is 0 Å². The highest BCUT2D eigenvalue weighted by atomic mass is 16.5. The van der Waals surface area contributed by atoms with Gasteiger partial charge in [0, 0.05) is 18.2 Å². The summed E-state index contributed by atoms with van der Waals surface area (Å²) in [7, 11) is 0. The number of ether oxygens (including phenoxy) is 1. The van der Waals surface area contributed by atoms with Crippen molar-refractivity contribution in [3.8, 4) is 5.75 Å². The Morgan fingerprint density at radius 1 is 1.35 bits per heavy atom. The highest BCUT2D eigenvalue weighted by molar-refractivity contribution is 5.33. The first-order valence-electron chi connectivity index (χ1n) is 7.73. The first kappa shape index (κ1) is 15.1. The highest BCUT2D eigenvalue weighted by Crippen LogP contribution is 2.25. The largest absolute Gasteiger partial charge is 0.489 e. The summed E-state index contributed by atoms with van der Waals surface area (Å²) >= 11 is 0. The van der Waals surface area contributed by atoms with Gasteiger partial charge in [-0.25, -0.2) is 0 Å². The van der Waals surface area contributed by atoms with Gasteiger partial charge in [0.05, 0.1) is 0 Å². The van der Waals surface area contributed by atoms with E-state index in [0.717, 1.165) is 23.8 Å². The Morgan fingerprint density at radius 2 is 2.15 bits per heavy atom. The third-order valence-corrected chi connectivity index (χ3v) is 3.96. The van der Waals surface area contributed by atoms with Crippen LogP contribution in [0.3, 0.4) is 0 Å². The molecule has 1 aromatic rings. The van der Waals surface area contributed by atoms with Gasteiger partial charge in [0.15, 0.2) is 0 Å². The molecule has 20 heavy (non-hydrogen) atoms. The lowest BCUT2D eigenvalue weighted by Crippen LogP contribution is -2.33. The fraction of sp³-hybridized carbons (Fsp3) is 0.556. The minimum Gasteiger partial charge on any atom is -0.489 e. The molecule has 1 N–H and O–H groups in total. The van der Waals surface area contributed by atoms with Crippen molar-refractivity contribution in [3.05, 3.63) is 42.0 Å². The molecule has 1 aliphatic rings. The summed E-state index contributed by atoms with van der Waals surface area (Å²) in [6, 6.07) is 8.96. The normalized spacial score (nSPS) is 22.5. The van der Waals surface area contributed by atoms with Crippen LogP contribution >= 0.6 is 0 Å². The molecule has 0 bridgehead atoms. The standard InChI is InChI=1S/C18H27NO/c1-14(2)13-20-18-10-5-4-8-16(18)12-19-17-9-6-7-15(3)11-17/h4-5,8,10,15,17,19H,1,6-7,9,11-13H2,2-3H3. The maximum Gasteiger partial charge on any atom is 0.124 e. The predicted octanol–water partition coefficient (Wildman–Crippen LogP) is 4.31. The van der Waals surface area contributed by atoms with E-state index in [1.165, 1.54) is 31.2 Å². The van der Waals surface area contributed by atoms with Crippen molar-refractivity contribution in [1.82, 2.24) is 5.32 Å². The molecule has 0 heterocycles. The third-order valence-electron chi connectivity index (χ3n) is 3.96. The zero-order valence-corrected chi connectivity index (χ0v) is 12.8. The molecule has 1 aromatic carbocycles. The lowest BCUT2D eigenvalue weighted by molar-refractivity contribution is 0.297. The molecule has 1 aliphatic carbocycles. The summed E-state index contributed by atoms with van der Waals surface area (Å²) in [4.78, 5) is 0. The van der Waals surface area contributed by atoms with Crippen molar-refractivity contribution in [2.45, 2.75) is 52.1 Å². The molecule has 2 unspecified atom stereocenters. The summed E-state index contributed by atoms with van der Waals surface area (Å²) in [5.74, 6) is 1.84. The molecule has 2 nitrogen and oxygen atoms in total. The smallest absolute Gasteiger partial charge is 0.124 e. The molecular formula is C18H27NO. The van der Waals surface area contributed by atoms with Gasteiger partial charge in [-0.05, 0) is 37.3 Å². The van der Waals surface area contributed by atoms with E-state index in [-0.39, 0.29) is 0 Å². The number of hydrogen-bond acceptors (Lipinski definition) is 2. The SMILES string of the molecule is C=C(C)COc1ccccc1CNC1CCCC(C)C1. The minimum absolute atomic E-state index is 0.595. The van der Waals surface area contributed by atoms with Crippen LogP contribution in [0.5, 0.6) is 5.75 Å². The maximum absolute atomic E-state index is 5.82. The Hall–Kier alpha value is -1.28. The van der Waals surface area contributed by atoms with Gasteiger partial charge in [0.2, 0.25) is 0 Å². The van der Waals surface area contributed by atoms with E-state index < -0.39 is 0 Å². The average molecular weight is 273 g/mol. The topological polar surface area (TPSA) is 21.3 Å². The second-order valence-corrected chi connectivity index (χ2v) is 6.20. The number of nitrogens with one attached hydrogen (secondary N) is 1. The van der Waals surface area contributed by atoms with Crippen LogP contribution in [0.1, 0.15) is 45.1 Å². The molecule has 0 aromatic heterocycles. The van der Waals surface area contributed by atoms with E-state index in [0.29, 0.717) is 12.6 Å². The van der Waals surface area contributed by atoms with Crippen molar-refractivity contribution in [2.75, 3.05) is 6.61 Å². The Kier molecular flexibility index (Phi) is 5.66. The quantitative estimate of drug-likeness (QED) is 0.780. The van der Waals surface area contributed by atoms with Gasteiger partial charge in [-0.2, -0.15) is 0 Å². The molecule has 0 aliphatic heterocycles. The molecule has 0 amide bonds. The van der Waals surface area contributed by atoms with Crippen LogP contribution in [0.4, 0.5) is 0 Å². The van der Waals surface area contributed by atoms with Crippen molar-refractivity contribution in [3.63, 3.8) is 0 Å². The van der Waals surface area contributed by atoms with E-state index in [9.17, 15) is 0 Å². The first-order valence-corrected chi connectivity index (χ1v) is 7.73. The summed E-state index contributed by atoms with van der Waals surface area (Å²) in [5.41, 5.74) is 2.29. The maximum atomic E-state index is 5.82. The lowest BCUT2D eigenvalue weighted by Gasteiger charge is -2.27. The first-order chi connectivity index (χ1) is 9.65. The lowest BCUT2D eigenvalue weighted by atomic mass is 9.87. The van der Waals surface area contributed by atoms with Crippen molar-refractivity contribution >= 4 is 0 Å². The molecule has 0 saturated heterocycles. The summed E-state index contributed by atoms with van der Waals surface area (Å²) in [6.07, 6.45) is 5.34. The number of benzene rings is 1. The molecule has 2 atom stereocenters. The van der Waals surface area contributed by atoms with E-state index in [1.54, 1.807) is 0 Å². The van der Waals surface area contributed by atoms with Crippen molar-refractivity contribution < 1.29 is 4.74 Å². The van der Waals surface area contributed by atoms with E-state index >= 15 is 0 Å². The zero-order valence-electron chi connectivity index (χ0n) is 12.8. The molecule has 1 fully saturated rings. The fourth-order valence-corrected chi connectivity index (χ4v) is 2.87. The van der Waals surface area contributed by atoms with Crippen LogP contribution in [0, 0.1) is 5.92 Å². The number of hydrogen-bond donors (Lipinski definition) is 1. The Bertz CT molecular complexity index is 441. The predicted molar refractivity (Wildman–Crippen MR) is 85.0 cm³/mol. The molecule has 1 saturated carbocycles. The van der Waals surface area contributed by atoms with Crippen molar-refractivity contribution in [1.29, 1.82) is 0 Å². The van der Waals surface area contributed by atoms with Gasteiger partial charge in [-0.1, -0.05) is 44.5 Å². The Morgan fingerprint density at radius 3 is 2.90 bits per heavy atom. The number of rotatable bonds is 6. The highest BCUT2D eigenvalue weighted by Gasteiger charge is 2.18. The van der Waals surface area contributed by atoms with Crippen LogP contribution in [0.2, 0.25) is 0 Å². The minimum atomic E-state index is 0.595. The van der Waals surface area contributed by atoms with Crippen LogP contribution < -0.4 is 10.1 Å².